The van der Waals surface area contributed by atoms with Crippen LogP contribution in [0.1, 0.15) is 21.5 Å². The zero-order valence-corrected chi connectivity index (χ0v) is 17.5. The topological polar surface area (TPSA) is 139 Å². The van der Waals surface area contributed by atoms with Gasteiger partial charge in [-0.2, -0.15) is 0 Å². The van der Waals surface area contributed by atoms with Crippen LogP contribution in [0.4, 0.5) is 11.4 Å². The predicted octanol–water partition coefficient (Wildman–Crippen LogP) is 3.33. The molecule has 0 bridgehead atoms. The van der Waals surface area contributed by atoms with Crippen LogP contribution in [0.2, 0.25) is 0 Å². The highest BCUT2D eigenvalue weighted by molar-refractivity contribution is 6.31. The number of benzene rings is 3. The van der Waals surface area contributed by atoms with Crippen LogP contribution in [0.15, 0.2) is 78.4 Å². The third kappa shape index (κ3) is 4.60. The highest BCUT2D eigenvalue weighted by Gasteiger charge is 2.34. The smallest absolute Gasteiger partial charge is 0.335 e. The molecule has 2 amide bonds. The molecule has 0 atom stereocenters. The quantitative estimate of drug-likeness (QED) is 0.239. The normalized spacial score (nSPS) is 14.2. The van der Waals surface area contributed by atoms with Gasteiger partial charge in [-0.1, -0.05) is 36.4 Å². The Bertz CT molecular complexity index is 1320. The van der Waals surface area contributed by atoms with E-state index in [1.54, 1.807) is 42.5 Å². The second-order valence-corrected chi connectivity index (χ2v) is 7.25. The number of hydrogen-bond acceptors (Lipinski definition) is 6. The van der Waals surface area contributed by atoms with Gasteiger partial charge in [0.05, 0.1) is 16.2 Å². The van der Waals surface area contributed by atoms with Gasteiger partial charge in [0.25, 0.3) is 11.8 Å². The summed E-state index contributed by atoms with van der Waals surface area (Å²) in [4.78, 5) is 47.0. The van der Waals surface area contributed by atoms with Gasteiger partial charge in [-0.25, -0.2) is 9.80 Å². The summed E-state index contributed by atoms with van der Waals surface area (Å²) in [6, 6.07) is 18.5. The Labute approximate surface area is 192 Å². The summed E-state index contributed by atoms with van der Waals surface area (Å²) in [6.45, 7) is -0.0197. The Hall–Kier alpha value is -4.99. The SMILES string of the molecule is O=C1NN(c2ccccc2)C(=O)/C1=C\c1ccc(OCc2ccc(C(=O)O)cc2)c([N+](=O)[O-])c1. The van der Waals surface area contributed by atoms with E-state index in [-0.39, 0.29) is 34.7 Å². The van der Waals surface area contributed by atoms with E-state index in [1.807, 2.05) is 0 Å². The summed E-state index contributed by atoms with van der Waals surface area (Å²) in [7, 11) is 0. The number of para-hydroxylation sites is 1. The fourth-order valence-corrected chi connectivity index (χ4v) is 3.28. The van der Waals surface area contributed by atoms with Crippen molar-refractivity contribution in [3.8, 4) is 5.75 Å². The van der Waals surface area contributed by atoms with Crippen LogP contribution in [-0.2, 0) is 16.2 Å². The number of carbonyl (C=O) groups is 3. The Morgan fingerprint density at radius 3 is 2.41 bits per heavy atom. The zero-order chi connectivity index (χ0) is 24.2. The summed E-state index contributed by atoms with van der Waals surface area (Å²) in [5.41, 5.74) is 3.46. The highest BCUT2D eigenvalue weighted by Crippen LogP contribution is 2.30. The standard InChI is InChI=1S/C24H17N3O7/c28-22-19(23(29)26(25-22)18-4-2-1-3-5-18)12-16-8-11-21(20(13-16)27(32)33)34-14-15-6-9-17(10-7-15)24(30)31/h1-13H,14H2,(H,25,28)(H,30,31)/b19-12-. The molecule has 0 radical (unpaired) electrons. The zero-order valence-electron chi connectivity index (χ0n) is 17.5. The summed E-state index contributed by atoms with van der Waals surface area (Å²) in [5, 5.41) is 21.7. The van der Waals surface area contributed by atoms with E-state index in [1.165, 1.54) is 36.4 Å². The maximum atomic E-state index is 12.7. The van der Waals surface area contributed by atoms with Crippen molar-refractivity contribution < 1.29 is 29.2 Å². The van der Waals surface area contributed by atoms with Gasteiger partial charge in [0.1, 0.15) is 12.2 Å². The molecule has 1 heterocycles. The number of ether oxygens (including phenoxy) is 1. The maximum Gasteiger partial charge on any atom is 0.335 e. The van der Waals surface area contributed by atoms with Crippen molar-refractivity contribution in [2.75, 3.05) is 5.01 Å². The summed E-state index contributed by atoms with van der Waals surface area (Å²) in [5.74, 6) is -2.28. The number of carboxylic acid groups (broad SMARTS) is 1. The number of amides is 2. The molecule has 1 fully saturated rings. The molecule has 10 heteroatoms. The first-order chi connectivity index (χ1) is 16.3. The number of anilines is 1. The van der Waals surface area contributed by atoms with E-state index < -0.39 is 22.7 Å². The Kier molecular flexibility index (Phi) is 6.04. The maximum absolute atomic E-state index is 12.7. The lowest BCUT2D eigenvalue weighted by Crippen LogP contribution is -2.35. The van der Waals surface area contributed by atoms with Crippen LogP contribution < -0.4 is 15.2 Å². The average molecular weight is 459 g/mol. The molecule has 1 aliphatic heterocycles. The monoisotopic (exact) mass is 459 g/mol. The Morgan fingerprint density at radius 2 is 1.76 bits per heavy atom. The fourth-order valence-electron chi connectivity index (χ4n) is 3.28. The van der Waals surface area contributed by atoms with Crippen LogP contribution in [0.5, 0.6) is 5.75 Å². The lowest BCUT2D eigenvalue weighted by Gasteiger charge is -2.13. The first-order valence-electron chi connectivity index (χ1n) is 9.99. The molecular formula is C24H17N3O7. The van der Waals surface area contributed by atoms with E-state index in [0.29, 0.717) is 11.3 Å². The number of nitrogens with zero attached hydrogens (tertiary/aromatic N) is 2. The molecule has 0 aromatic heterocycles. The molecular weight excluding hydrogens is 442 g/mol. The summed E-state index contributed by atoms with van der Waals surface area (Å²) in [6.07, 6.45) is 1.28. The number of nitro benzene ring substituents is 1. The Balaban J connectivity index is 1.55. The first-order valence-corrected chi connectivity index (χ1v) is 9.99. The minimum atomic E-state index is -1.06. The van der Waals surface area contributed by atoms with Crippen LogP contribution in [0, 0.1) is 10.1 Å². The fraction of sp³-hybridized carbons (Fsp3) is 0.0417. The van der Waals surface area contributed by atoms with E-state index in [2.05, 4.69) is 5.43 Å². The van der Waals surface area contributed by atoms with Crippen molar-refractivity contribution in [1.82, 2.24) is 5.43 Å². The largest absolute Gasteiger partial charge is 0.482 e. The molecule has 4 rings (SSSR count). The number of nitrogens with one attached hydrogen (secondary N) is 1. The number of aromatic carboxylic acids is 1. The van der Waals surface area contributed by atoms with Gasteiger partial charge >= 0.3 is 11.7 Å². The Morgan fingerprint density at radius 1 is 1.06 bits per heavy atom. The molecule has 0 unspecified atom stereocenters. The second kappa shape index (κ2) is 9.25. The first kappa shape index (κ1) is 22.2. The van der Waals surface area contributed by atoms with Gasteiger partial charge in [-0.15, -0.1) is 0 Å². The van der Waals surface area contributed by atoms with Crippen LogP contribution in [-0.4, -0.2) is 27.8 Å². The van der Waals surface area contributed by atoms with Gasteiger partial charge in [-0.3, -0.25) is 25.1 Å². The van der Waals surface area contributed by atoms with Gasteiger partial charge in [0.15, 0.2) is 5.75 Å². The van der Waals surface area contributed by atoms with Crippen LogP contribution in [0.3, 0.4) is 0 Å². The summed E-state index contributed by atoms with van der Waals surface area (Å²) < 4.78 is 5.56. The van der Waals surface area contributed by atoms with Crippen molar-refractivity contribution in [2.24, 2.45) is 0 Å². The van der Waals surface area contributed by atoms with Gasteiger partial charge in [0.2, 0.25) is 0 Å². The molecule has 0 saturated carbocycles. The number of carbonyl (C=O) groups excluding carboxylic acids is 2. The van der Waals surface area contributed by atoms with Crippen molar-refractivity contribution in [3.63, 3.8) is 0 Å². The van der Waals surface area contributed by atoms with Gasteiger partial charge in [-0.05, 0) is 47.5 Å². The van der Waals surface area contributed by atoms with Crippen molar-refractivity contribution in [1.29, 1.82) is 0 Å². The van der Waals surface area contributed by atoms with E-state index in [9.17, 15) is 24.5 Å². The third-order valence-electron chi connectivity index (χ3n) is 4.99. The van der Waals surface area contributed by atoms with Crippen LogP contribution >= 0.6 is 0 Å². The van der Waals surface area contributed by atoms with Gasteiger partial charge in [0, 0.05) is 6.07 Å². The van der Waals surface area contributed by atoms with Crippen molar-refractivity contribution in [2.45, 2.75) is 6.61 Å². The minimum Gasteiger partial charge on any atom is -0.482 e. The molecule has 3 aromatic rings. The second-order valence-electron chi connectivity index (χ2n) is 7.25. The van der Waals surface area contributed by atoms with Crippen molar-refractivity contribution in [3.05, 3.63) is 105 Å². The molecule has 1 aliphatic rings. The van der Waals surface area contributed by atoms with Crippen molar-refractivity contribution >= 4 is 35.2 Å². The molecule has 0 aliphatic carbocycles. The molecule has 170 valence electrons. The number of rotatable bonds is 7. The predicted molar refractivity (Wildman–Crippen MR) is 121 cm³/mol. The van der Waals surface area contributed by atoms with E-state index in [0.717, 1.165) is 5.01 Å². The number of hydrazine groups is 1. The number of nitro groups is 1. The summed E-state index contributed by atoms with van der Waals surface area (Å²) >= 11 is 0. The van der Waals surface area contributed by atoms with E-state index in [4.69, 9.17) is 9.84 Å². The number of carboxylic acids is 1. The lowest BCUT2D eigenvalue weighted by atomic mass is 10.1. The molecule has 34 heavy (non-hydrogen) atoms. The lowest BCUT2D eigenvalue weighted by molar-refractivity contribution is -0.386. The molecule has 10 nitrogen and oxygen atoms in total. The number of hydrogen-bond donors (Lipinski definition) is 2. The molecule has 0 spiro atoms. The van der Waals surface area contributed by atoms with Gasteiger partial charge < -0.3 is 9.84 Å². The molecule has 2 N–H and O–H groups in total. The molecule has 3 aromatic carbocycles. The van der Waals surface area contributed by atoms with E-state index >= 15 is 0 Å². The third-order valence-corrected chi connectivity index (χ3v) is 4.99. The minimum absolute atomic E-state index is 0.0115. The molecule has 1 saturated heterocycles. The highest BCUT2D eigenvalue weighted by atomic mass is 16.6. The average Bonchev–Trinajstić information content (AvgIpc) is 3.12. The van der Waals surface area contributed by atoms with Crippen LogP contribution in [0.25, 0.3) is 6.08 Å².